The van der Waals surface area contributed by atoms with Gasteiger partial charge in [-0.2, -0.15) is 0 Å². The molecule has 0 unspecified atom stereocenters. The van der Waals surface area contributed by atoms with E-state index in [0.717, 1.165) is 5.56 Å². The number of hydrogen-bond donors (Lipinski definition) is 1. The van der Waals surface area contributed by atoms with Crippen molar-refractivity contribution in [2.75, 3.05) is 11.9 Å². The Morgan fingerprint density at radius 1 is 1.19 bits per heavy atom. The summed E-state index contributed by atoms with van der Waals surface area (Å²) < 4.78 is 5.03. The highest BCUT2D eigenvalue weighted by Gasteiger charge is 2.18. The molecule has 0 fully saturated rings. The normalized spacial score (nSPS) is 11.5. The minimum Gasteiger partial charge on any atom is -0.455 e. The lowest BCUT2D eigenvalue weighted by atomic mass is 10.2. The van der Waals surface area contributed by atoms with Crippen molar-refractivity contribution in [2.45, 2.75) is 24.0 Å². The zero-order valence-corrected chi connectivity index (χ0v) is 15.1. The predicted octanol–water partition coefficient (Wildman–Crippen LogP) is 3.57. The maximum atomic E-state index is 12.0. The zero-order chi connectivity index (χ0) is 19.1. The molecule has 0 spiro atoms. The molecule has 0 aliphatic rings. The Balaban J connectivity index is 1.82. The van der Waals surface area contributed by atoms with Crippen LogP contribution in [0.1, 0.15) is 12.5 Å². The number of hydrogen-bond acceptors (Lipinski definition) is 6. The fourth-order valence-corrected chi connectivity index (χ4v) is 2.92. The van der Waals surface area contributed by atoms with E-state index in [9.17, 15) is 19.7 Å². The number of amides is 1. The number of rotatable bonds is 7. The molecule has 2 aromatic carbocycles. The first kappa shape index (κ1) is 19.5. The van der Waals surface area contributed by atoms with Gasteiger partial charge in [0.05, 0.1) is 4.92 Å². The van der Waals surface area contributed by atoms with Crippen molar-refractivity contribution in [1.82, 2.24) is 0 Å². The third kappa shape index (κ3) is 5.59. The van der Waals surface area contributed by atoms with Gasteiger partial charge in [-0.3, -0.25) is 19.7 Å². The van der Waals surface area contributed by atoms with Crippen LogP contribution in [-0.2, 0) is 14.3 Å². The summed E-state index contributed by atoms with van der Waals surface area (Å²) in [5.41, 5.74) is 1.56. The van der Waals surface area contributed by atoms with Gasteiger partial charge in [-0.1, -0.05) is 18.2 Å². The Morgan fingerprint density at radius 3 is 2.46 bits per heavy atom. The molecule has 26 heavy (non-hydrogen) atoms. The minimum atomic E-state index is -0.553. The Labute approximate surface area is 154 Å². The molecule has 0 bridgehead atoms. The van der Waals surface area contributed by atoms with Gasteiger partial charge in [0, 0.05) is 22.7 Å². The average Bonchev–Trinajstić information content (AvgIpc) is 2.62. The second kappa shape index (κ2) is 9.00. The topological polar surface area (TPSA) is 98.5 Å². The minimum absolute atomic E-state index is 0.0162. The molecule has 1 atom stereocenters. The maximum Gasteiger partial charge on any atom is 0.319 e. The lowest BCUT2D eigenvalue weighted by Crippen LogP contribution is -2.25. The lowest BCUT2D eigenvalue weighted by molar-refractivity contribution is -0.384. The first-order chi connectivity index (χ1) is 12.4. The molecule has 2 rings (SSSR count). The fourth-order valence-electron chi connectivity index (χ4n) is 2.05. The highest BCUT2D eigenvalue weighted by Crippen LogP contribution is 2.26. The Kier molecular flexibility index (Phi) is 6.74. The van der Waals surface area contributed by atoms with Crippen molar-refractivity contribution in [3.05, 3.63) is 64.2 Å². The van der Waals surface area contributed by atoms with Gasteiger partial charge in [-0.05, 0) is 37.6 Å². The number of non-ortho nitro benzene ring substituents is 1. The number of thioether (sulfide) groups is 1. The van der Waals surface area contributed by atoms with E-state index < -0.39 is 22.0 Å². The second-order valence-electron chi connectivity index (χ2n) is 5.48. The summed E-state index contributed by atoms with van der Waals surface area (Å²) >= 11 is 1.20. The summed E-state index contributed by atoms with van der Waals surface area (Å²) in [6, 6.07) is 13.2. The van der Waals surface area contributed by atoms with Crippen molar-refractivity contribution in [1.29, 1.82) is 0 Å². The van der Waals surface area contributed by atoms with Gasteiger partial charge in [0.15, 0.2) is 6.61 Å². The molecule has 0 aliphatic heterocycles. The van der Waals surface area contributed by atoms with Crippen LogP contribution in [0.4, 0.5) is 11.4 Å². The Morgan fingerprint density at radius 2 is 1.85 bits per heavy atom. The number of benzene rings is 2. The van der Waals surface area contributed by atoms with Crippen LogP contribution in [0.25, 0.3) is 0 Å². The first-order valence-electron chi connectivity index (χ1n) is 7.80. The molecule has 136 valence electrons. The van der Waals surface area contributed by atoms with E-state index in [4.69, 9.17) is 4.74 Å². The number of nitro benzene ring substituents is 1. The van der Waals surface area contributed by atoms with Gasteiger partial charge in [-0.25, -0.2) is 0 Å². The number of aryl methyl sites for hydroxylation is 1. The summed E-state index contributed by atoms with van der Waals surface area (Å²) in [7, 11) is 0. The number of esters is 1. The Bertz CT molecular complexity index is 807. The van der Waals surface area contributed by atoms with Gasteiger partial charge >= 0.3 is 5.97 Å². The molecule has 0 aromatic heterocycles. The van der Waals surface area contributed by atoms with Crippen LogP contribution >= 0.6 is 11.8 Å². The Hall–Kier alpha value is -2.87. The molecule has 1 N–H and O–H groups in total. The lowest BCUT2D eigenvalue weighted by Gasteiger charge is -2.12. The van der Waals surface area contributed by atoms with E-state index >= 15 is 0 Å². The second-order valence-corrected chi connectivity index (χ2v) is 6.90. The van der Waals surface area contributed by atoms with Crippen molar-refractivity contribution < 1.29 is 19.2 Å². The largest absolute Gasteiger partial charge is 0.455 e. The molecule has 0 saturated carbocycles. The molecule has 7 nitrogen and oxygen atoms in total. The summed E-state index contributed by atoms with van der Waals surface area (Å²) in [6.07, 6.45) is 0. The van der Waals surface area contributed by atoms with E-state index in [1.54, 1.807) is 31.2 Å². The van der Waals surface area contributed by atoms with Crippen LogP contribution in [0, 0.1) is 17.0 Å². The molecule has 1 amide bonds. The van der Waals surface area contributed by atoms with Crippen molar-refractivity contribution in [3.8, 4) is 0 Å². The summed E-state index contributed by atoms with van der Waals surface area (Å²) in [5, 5.41) is 12.8. The monoisotopic (exact) mass is 374 g/mol. The predicted molar refractivity (Wildman–Crippen MR) is 99.2 cm³/mol. The zero-order valence-electron chi connectivity index (χ0n) is 14.3. The van der Waals surface area contributed by atoms with Gasteiger partial charge in [0.1, 0.15) is 5.25 Å². The smallest absolute Gasteiger partial charge is 0.319 e. The quantitative estimate of drug-likeness (QED) is 0.344. The number of anilines is 1. The number of ether oxygens (including phenoxy) is 1. The number of para-hydroxylation sites is 1. The molecular weight excluding hydrogens is 356 g/mol. The first-order valence-corrected chi connectivity index (χ1v) is 8.68. The summed E-state index contributed by atoms with van der Waals surface area (Å²) in [6.45, 7) is 3.14. The standard InChI is InChI=1S/C18H18N2O5S/c1-12-5-3-4-6-16(12)19-17(21)11-25-18(22)13(2)26-15-9-7-14(8-10-15)20(23)24/h3-10,13H,11H2,1-2H3,(H,19,21)/t13-/m0/s1. The SMILES string of the molecule is Cc1ccccc1NC(=O)COC(=O)[C@H](C)Sc1ccc([N+](=O)[O-])cc1. The number of nitrogens with zero attached hydrogens (tertiary/aromatic N) is 1. The van der Waals surface area contributed by atoms with Crippen molar-refractivity contribution in [3.63, 3.8) is 0 Å². The van der Waals surface area contributed by atoms with Crippen LogP contribution in [0.2, 0.25) is 0 Å². The fraction of sp³-hybridized carbons (Fsp3) is 0.222. The number of nitrogens with one attached hydrogen (secondary N) is 1. The van der Waals surface area contributed by atoms with Crippen LogP contribution < -0.4 is 5.32 Å². The van der Waals surface area contributed by atoms with Crippen LogP contribution in [0.3, 0.4) is 0 Å². The third-order valence-electron chi connectivity index (χ3n) is 3.46. The highest BCUT2D eigenvalue weighted by atomic mass is 32.2. The van der Waals surface area contributed by atoms with E-state index in [2.05, 4.69) is 5.32 Å². The molecule has 0 heterocycles. The molecule has 0 radical (unpaired) electrons. The molecule has 8 heteroatoms. The van der Waals surface area contributed by atoms with Crippen molar-refractivity contribution in [2.24, 2.45) is 0 Å². The molecular formula is C18H18N2O5S. The molecule has 0 aliphatic carbocycles. The van der Waals surface area contributed by atoms with E-state index in [1.165, 1.54) is 23.9 Å². The number of nitro groups is 1. The van der Waals surface area contributed by atoms with E-state index in [-0.39, 0.29) is 12.3 Å². The van der Waals surface area contributed by atoms with Crippen LogP contribution in [-0.4, -0.2) is 28.7 Å². The number of carbonyl (C=O) groups excluding carboxylic acids is 2. The molecule has 2 aromatic rings. The average molecular weight is 374 g/mol. The highest BCUT2D eigenvalue weighted by molar-refractivity contribution is 8.00. The molecule has 0 saturated heterocycles. The van der Waals surface area contributed by atoms with Crippen LogP contribution in [0.5, 0.6) is 0 Å². The number of carbonyl (C=O) groups is 2. The van der Waals surface area contributed by atoms with Gasteiger partial charge in [0.2, 0.25) is 0 Å². The van der Waals surface area contributed by atoms with Crippen LogP contribution in [0.15, 0.2) is 53.4 Å². The van der Waals surface area contributed by atoms with E-state index in [1.807, 2.05) is 19.1 Å². The third-order valence-corrected chi connectivity index (χ3v) is 4.55. The van der Waals surface area contributed by atoms with Gasteiger partial charge < -0.3 is 10.1 Å². The summed E-state index contributed by atoms with van der Waals surface area (Å²) in [4.78, 5) is 34.7. The van der Waals surface area contributed by atoms with E-state index in [0.29, 0.717) is 10.6 Å². The summed E-state index contributed by atoms with van der Waals surface area (Å²) in [5.74, 6) is -0.950. The maximum absolute atomic E-state index is 12.0. The van der Waals surface area contributed by atoms with Gasteiger partial charge in [0.25, 0.3) is 11.6 Å². The van der Waals surface area contributed by atoms with Crippen molar-refractivity contribution >= 4 is 35.0 Å². The van der Waals surface area contributed by atoms with Gasteiger partial charge in [-0.15, -0.1) is 11.8 Å².